The van der Waals surface area contributed by atoms with Crippen LogP contribution in [-0.2, 0) is 0 Å². The van der Waals surface area contributed by atoms with Gasteiger partial charge in [-0.25, -0.2) is 9.67 Å². The molecule has 0 aliphatic carbocycles. The zero-order valence-corrected chi connectivity index (χ0v) is 15.3. The van der Waals surface area contributed by atoms with Crippen LogP contribution in [0.4, 0.5) is 5.69 Å². The molecule has 0 unspecified atom stereocenters. The molecular formula is C23H16N4O2. The number of hydrogen-bond donors (Lipinski definition) is 1. The summed E-state index contributed by atoms with van der Waals surface area (Å²) in [4.78, 5) is 17.1. The zero-order chi connectivity index (χ0) is 19.6. The Labute approximate surface area is 166 Å². The van der Waals surface area contributed by atoms with E-state index < -0.39 is 0 Å². The SMILES string of the molecule is O=C(Nc1ccc(-c2nc3ccccc3o2)cc1)c1cccc(-n2cccn2)c1. The normalized spacial score (nSPS) is 10.9. The second-order valence-electron chi connectivity index (χ2n) is 6.52. The molecule has 0 saturated carbocycles. The van der Waals surface area contributed by atoms with Crippen molar-refractivity contribution in [3.05, 3.63) is 96.8 Å². The summed E-state index contributed by atoms with van der Waals surface area (Å²) in [5.41, 5.74) is 4.49. The minimum atomic E-state index is -0.186. The number of oxazole rings is 1. The molecule has 3 aromatic carbocycles. The second kappa shape index (κ2) is 7.09. The Morgan fingerprint density at radius 1 is 0.931 bits per heavy atom. The van der Waals surface area contributed by atoms with E-state index >= 15 is 0 Å². The van der Waals surface area contributed by atoms with Gasteiger partial charge in [0.1, 0.15) is 5.52 Å². The fraction of sp³-hybridized carbons (Fsp3) is 0. The maximum Gasteiger partial charge on any atom is 0.255 e. The van der Waals surface area contributed by atoms with Gasteiger partial charge in [0, 0.05) is 29.2 Å². The molecule has 6 heteroatoms. The van der Waals surface area contributed by atoms with Gasteiger partial charge < -0.3 is 9.73 Å². The van der Waals surface area contributed by atoms with E-state index in [2.05, 4.69) is 15.4 Å². The fourth-order valence-corrected chi connectivity index (χ4v) is 3.11. The predicted molar refractivity (Wildman–Crippen MR) is 111 cm³/mol. The van der Waals surface area contributed by atoms with Gasteiger partial charge >= 0.3 is 0 Å². The van der Waals surface area contributed by atoms with Gasteiger partial charge in [0.05, 0.1) is 5.69 Å². The molecule has 140 valence electrons. The van der Waals surface area contributed by atoms with Gasteiger partial charge in [-0.3, -0.25) is 4.79 Å². The van der Waals surface area contributed by atoms with Gasteiger partial charge in [-0.2, -0.15) is 5.10 Å². The number of aromatic nitrogens is 3. The number of hydrogen-bond acceptors (Lipinski definition) is 4. The number of nitrogens with zero attached hydrogens (tertiary/aromatic N) is 3. The summed E-state index contributed by atoms with van der Waals surface area (Å²) in [7, 11) is 0. The van der Waals surface area contributed by atoms with Gasteiger partial charge in [-0.1, -0.05) is 18.2 Å². The Morgan fingerprint density at radius 3 is 2.59 bits per heavy atom. The fourth-order valence-electron chi connectivity index (χ4n) is 3.11. The summed E-state index contributed by atoms with van der Waals surface area (Å²) in [5.74, 6) is 0.365. The van der Waals surface area contributed by atoms with Crippen LogP contribution in [0.2, 0.25) is 0 Å². The number of benzene rings is 3. The van der Waals surface area contributed by atoms with Gasteiger partial charge in [0.2, 0.25) is 5.89 Å². The van der Waals surface area contributed by atoms with Crippen molar-refractivity contribution in [3.8, 4) is 17.1 Å². The van der Waals surface area contributed by atoms with Crippen molar-refractivity contribution >= 4 is 22.7 Å². The first-order valence-electron chi connectivity index (χ1n) is 9.14. The van der Waals surface area contributed by atoms with E-state index in [0.29, 0.717) is 17.1 Å². The highest BCUT2D eigenvalue weighted by molar-refractivity contribution is 6.04. The molecular weight excluding hydrogens is 364 g/mol. The minimum absolute atomic E-state index is 0.186. The Kier molecular flexibility index (Phi) is 4.14. The molecule has 0 spiro atoms. The number of rotatable bonds is 4. The van der Waals surface area contributed by atoms with E-state index in [9.17, 15) is 4.79 Å². The molecule has 0 aliphatic rings. The average Bonchev–Trinajstić information content (AvgIpc) is 3.44. The number of amides is 1. The summed E-state index contributed by atoms with van der Waals surface area (Å²) >= 11 is 0. The van der Waals surface area contributed by atoms with Crippen LogP contribution in [0.25, 0.3) is 28.2 Å². The maximum absolute atomic E-state index is 12.6. The molecule has 5 aromatic rings. The molecule has 0 bridgehead atoms. The van der Waals surface area contributed by atoms with Gasteiger partial charge in [-0.05, 0) is 60.7 Å². The largest absolute Gasteiger partial charge is 0.436 e. The van der Waals surface area contributed by atoms with E-state index in [1.807, 2.05) is 72.9 Å². The third-order valence-corrected chi connectivity index (χ3v) is 4.56. The van der Waals surface area contributed by atoms with Crippen LogP contribution in [0.15, 0.2) is 95.7 Å². The van der Waals surface area contributed by atoms with E-state index in [-0.39, 0.29) is 5.91 Å². The number of fused-ring (bicyclic) bond motifs is 1. The maximum atomic E-state index is 12.6. The summed E-state index contributed by atoms with van der Waals surface area (Å²) in [6.45, 7) is 0. The third-order valence-electron chi connectivity index (χ3n) is 4.56. The van der Waals surface area contributed by atoms with Crippen LogP contribution in [-0.4, -0.2) is 20.7 Å². The molecule has 1 amide bonds. The molecule has 0 fully saturated rings. The third kappa shape index (κ3) is 3.39. The van der Waals surface area contributed by atoms with Crippen LogP contribution >= 0.6 is 0 Å². The lowest BCUT2D eigenvalue weighted by Gasteiger charge is -2.08. The highest BCUT2D eigenvalue weighted by Gasteiger charge is 2.10. The standard InChI is InChI=1S/C23H16N4O2/c28-22(17-5-3-6-19(15-17)27-14-4-13-24-27)25-18-11-9-16(10-12-18)23-26-20-7-1-2-8-21(20)29-23/h1-15H,(H,25,28). The highest BCUT2D eigenvalue weighted by atomic mass is 16.3. The lowest BCUT2D eigenvalue weighted by molar-refractivity contribution is 0.102. The molecule has 1 N–H and O–H groups in total. The molecule has 6 nitrogen and oxygen atoms in total. The smallest absolute Gasteiger partial charge is 0.255 e. The van der Waals surface area contributed by atoms with Crippen molar-refractivity contribution in [1.82, 2.24) is 14.8 Å². The zero-order valence-electron chi connectivity index (χ0n) is 15.3. The number of anilines is 1. The van der Waals surface area contributed by atoms with Crippen LogP contribution in [0.1, 0.15) is 10.4 Å². The monoisotopic (exact) mass is 380 g/mol. The van der Waals surface area contributed by atoms with Crippen molar-refractivity contribution < 1.29 is 9.21 Å². The summed E-state index contributed by atoms with van der Waals surface area (Å²) in [6.07, 6.45) is 3.53. The highest BCUT2D eigenvalue weighted by Crippen LogP contribution is 2.25. The minimum Gasteiger partial charge on any atom is -0.436 e. The summed E-state index contributed by atoms with van der Waals surface area (Å²) in [6, 6.07) is 24.2. The first-order valence-corrected chi connectivity index (χ1v) is 9.14. The Bertz CT molecular complexity index is 1260. The van der Waals surface area contributed by atoms with Crippen molar-refractivity contribution in [2.75, 3.05) is 5.32 Å². The van der Waals surface area contributed by atoms with E-state index in [0.717, 1.165) is 22.4 Å². The van der Waals surface area contributed by atoms with Gasteiger partial charge in [0.15, 0.2) is 5.58 Å². The number of para-hydroxylation sites is 2. The first-order chi connectivity index (χ1) is 14.3. The topological polar surface area (TPSA) is 73.0 Å². The van der Waals surface area contributed by atoms with E-state index in [1.165, 1.54) is 0 Å². The second-order valence-corrected chi connectivity index (χ2v) is 6.52. The predicted octanol–water partition coefficient (Wildman–Crippen LogP) is 4.93. The van der Waals surface area contributed by atoms with E-state index in [1.54, 1.807) is 23.0 Å². The Hall–Kier alpha value is -4.19. The van der Waals surface area contributed by atoms with Crippen molar-refractivity contribution in [3.63, 3.8) is 0 Å². The summed E-state index contributed by atoms with van der Waals surface area (Å²) < 4.78 is 7.50. The lowest BCUT2D eigenvalue weighted by Crippen LogP contribution is -2.12. The molecule has 5 rings (SSSR count). The number of nitrogens with one attached hydrogen (secondary N) is 1. The number of carbonyl (C=O) groups excluding carboxylic acids is 1. The molecule has 0 aliphatic heterocycles. The molecule has 0 atom stereocenters. The van der Waals surface area contributed by atoms with Crippen LogP contribution < -0.4 is 5.32 Å². The van der Waals surface area contributed by atoms with Crippen LogP contribution in [0.5, 0.6) is 0 Å². The Morgan fingerprint density at radius 2 is 1.79 bits per heavy atom. The van der Waals surface area contributed by atoms with Gasteiger partial charge in [-0.15, -0.1) is 0 Å². The average molecular weight is 380 g/mol. The van der Waals surface area contributed by atoms with Gasteiger partial charge in [0.25, 0.3) is 5.91 Å². The van der Waals surface area contributed by atoms with Crippen LogP contribution in [0.3, 0.4) is 0 Å². The van der Waals surface area contributed by atoms with Crippen LogP contribution in [0, 0.1) is 0 Å². The van der Waals surface area contributed by atoms with Crippen molar-refractivity contribution in [2.45, 2.75) is 0 Å². The molecule has 0 radical (unpaired) electrons. The van der Waals surface area contributed by atoms with E-state index in [4.69, 9.17) is 4.42 Å². The molecule has 29 heavy (non-hydrogen) atoms. The Balaban J connectivity index is 1.34. The van der Waals surface area contributed by atoms with Crippen molar-refractivity contribution in [1.29, 1.82) is 0 Å². The molecule has 2 heterocycles. The quantitative estimate of drug-likeness (QED) is 0.480. The first kappa shape index (κ1) is 16.9. The molecule has 0 saturated heterocycles. The molecule has 2 aromatic heterocycles. The lowest BCUT2D eigenvalue weighted by atomic mass is 10.1. The summed E-state index contributed by atoms with van der Waals surface area (Å²) in [5, 5.41) is 7.11. The number of carbonyl (C=O) groups is 1. The van der Waals surface area contributed by atoms with Crippen molar-refractivity contribution in [2.24, 2.45) is 0 Å².